The molecule has 0 bridgehead atoms. The summed E-state index contributed by atoms with van der Waals surface area (Å²) in [5.41, 5.74) is 2.27. The Morgan fingerprint density at radius 1 is 0.885 bits per heavy atom. The van der Waals surface area contributed by atoms with Crippen LogP contribution in [0.5, 0.6) is 5.75 Å². The van der Waals surface area contributed by atoms with Crippen LogP contribution < -0.4 is 4.74 Å². The van der Waals surface area contributed by atoms with Crippen LogP contribution >= 0.6 is 0 Å². The highest BCUT2D eigenvalue weighted by Gasteiger charge is 2.22. The first-order valence-electron chi connectivity index (χ1n) is 8.91. The summed E-state index contributed by atoms with van der Waals surface area (Å²) in [6.07, 6.45) is 0.766. The van der Waals surface area contributed by atoms with E-state index < -0.39 is 0 Å². The zero-order valence-electron chi connectivity index (χ0n) is 15.1. The van der Waals surface area contributed by atoms with Gasteiger partial charge >= 0.3 is 0 Å². The molecular formula is C21H24N2O3. The topological polar surface area (TPSA) is 49.9 Å². The van der Waals surface area contributed by atoms with Crippen LogP contribution in [-0.2, 0) is 16.0 Å². The van der Waals surface area contributed by atoms with Gasteiger partial charge in [0, 0.05) is 39.5 Å². The third-order valence-corrected chi connectivity index (χ3v) is 4.64. The molecule has 1 fully saturated rings. The molecule has 1 aliphatic rings. The lowest BCUT2D eigenvalue weighted by molar-refractivity contribution is -0.139. The summed E-state index contributed by atoms with van der Waals surface area (Å²) in [6, 6.07) is 18.0. The first kappa shape index (κ1) is 18.0. The van der Waals surface area contributed by atoms with Crippen molar-refractivity contribution in [1.82, 2.24) is 9.80 Å². The number of amides is 2. The van der Waals surface area contributed by atoms with Gasteiger partial charge in [-0.3, -0.25) is 9.59 Å². The van der Waals surface area contributed by atoms with Crippen LogP contribution in [-0.4, -0.2) is 54.4 Å². The number of benzene rings is 2. The number of hydrogen-bond donors (Lipinski definition) is 0. The number of carbonyl (C=O) groups is 2. The number of nitrogens with zero attached hydrogens (tertiary/aromatic N) is 2. The molecule has 26 heavy (non-hydrogen) atoms. The Hall–Kier alpha value is -2.82. The van der Waals surface area contributed by atoms with E-state index in [1.807, 2.05) is 42.5 Å². The van der Waals surface area contributed by atoms with Crippen LogP contribution in [0.3, 0.4) is 0 Å². The molecule has 2 aromatic carbocycles. The maximum absolute atomic E-state index is 12.4. The van der Waals surface area contributed by atoms with Gasteiger partial charge in [-0.25, -0.2) is 0 Å². The first-order chi connectivity index (χ1) is 12.6. The Bertz CT molecular complexity index is 753. The summed E-state index contributed by atoms with van der Waals surface area (Å²) in [4.78, 5) is 27.3. The quantitative estimate of drug-likeness (QED) is 0.830. The van der Waals surface area contributed by atoms with Crippen molar-refractivity contribution in [3.05, 3.63) is 65.7 Å². The molecule has 5 heteroatoms. The third kappa shape index (κ3) is 4.63. The Labute approximate surface area is 154 Å². The second-order valence-electron chi connectivity index (χ2n) is 6.45. The molecule has 0 unspecified atom stereocenters. The SMILES string of the molecule is CC(=O)N1CCN(C(=O)COc2ccccc2Cc2ccccc2)CC1. The molecule has 2 aromatic rings. The molecule has 1 aliphatic heterocycles. The number of carbonyl (C=O) groups excluding carboxylic acids is 2. The summed E-state index contributed by atoms with van der Waals surface area (Å²) in [5, 5.41) is 0. The minimum Gasteiger partial charge on any atom is -0.483 e. The minimum absolute atomic E-state index is 0.0197. The average molecular weight is 352 g/mol. The molecule has 1 heterocycles. The molecule has 0 N–H and O–H groups in total. The van der Waals surface area contributed by atoms with E-state index in [-0.39, 0.29) is 18.4 Å². The van der Waals surface area contributed by atoms with Crippen LogP contribution in [0, 0.1) is 0 Å². The fourth-order valence-electron chi connectivity index (χ4n) is 3.11. The normalized spacial score (nSPS) is 14.2. The van der Waals surface area contributed by atoms with Crippen LogP contribution in [0.4, 0.5) is 0 Å². The van der Waals surface area contributed by atoms with Crippen molar-refractivity contribution < 1.29 is 14.3 Å². The predicted molar refractivity (Wildman–Crippen MR) is 100 cm³/mol. The van der Waals surface area contributed by atoms with Crippen molar-refractivity contribution in [3.8, 4) is 5.75 Å². The van der Waals surface area contributed by atoms with E-state index in [2.05, 4.69) is 12.1 Å². The van der Waals surface area contributed by atoms with E-state index in [1.54, 1.807) is 16.7 Å². The van der Waals surface area contributed by atoms with Gasteiger partial charge in [0.15, 0.2) is 6.61 Å². The monoisotopic (exact) mass is 352 g/mol. The zero-order valence-corrected chi connectivity index (χ0v) is 15.1. The fraction of sp³-hybridized carbons (Fsp3) is 0.333. The molecule has 136 valence electrons. The summed E-state index contributed by atoms with van der Waals surface area (Å²) >= 11 is 0. The van der Waals surface area contributed by atoms with E-state index in [0.29, 0.717) is 26.2 Å². The second-order valence-corrected chi connectivity index (χ2v) is 6.45. The van der Waals surface area contributed by atoms with Gasteiger partial charge in [-0.2, -0.15) is 0 Å². The number of piperazine rings is 1. The maximum atomic E-state index is 12.4. The molecule has 5 nitrogen and oxygen atoms in total. The van der Waals surface area contributed by atoms with Crippen LogP contribution in [0.15, 0.2) is 54.6 Å². The Morgan fingerprint density at radius 3 is 2.19 bits per heavy atom. The van der Waals surface area contributed by atoms with Gasteiger partial charge in [0.05, 0.1) is 0 Å². The second kappa shape index (κ2) is 8.52. The Balaban J connectivity index is 1.56. The number of rotatable bonds is 5. The van der Waals surface area contributed by atoms with Crippen molar-refractivity contribution in [3.63, 3.8) is 0 Å². The molecule has 2 amide bonds. The third-order valence-electron chi connectivity index (χ3n) is 4.64. The maximum Gasteiger partial charge on any atom is 0.260 e. The van der Waals surface area contributed by atoms with Crippen molar-refractivity contribution in [2.24, 2.45) is 0 Å². The summed E-state index contributed by atoms with van der Waals surface area (Å²) in [6.45, 7) is 3.88. The number of para-hydroxylation sites is 1. The van der Waals surface area contributed by atoms with Crippen LogP contribution in [0.1, 0.15) is 18.1 Å². The Morgan fingerprint density at radius 2 is 1.50 bits per heavy atom. The molecule has 0 saturated carbocycles. The highest BCUT2D eigenvalue weighted by Crippen LogP contribution is 2.21. The standard InChI is InChI=1S/C21H24N2O3/c1-17(24)22-11-13-23(14-12-22)21(25)16-26-20-10-6-5-9-19(20)15-18-7-3-2-4-8-18/h2-10H,11-16H2,1H3. The molecular weight excluding hydrogens is 328 g/mol. The van der Waals surface area contributed by atoms with Gasteiger partial charge in [-0.15, -0.1) is 0 Å². The molecule has 3 rings (SSSR count). The predicted octanol–water partition coefficient (Wildman–Crippen LogP) is 2.35. The number of hydrogen-bond acceptors (Lipinski definition) is 3. The van der Waals surface area contributed by atoms with Crippen molar-refractivity contribution in [2.75, 3.05) is 32.8 Å². The van der Waals surface area contributed by atoms with E-state index in [9.17, 15) is 9.59 Å². The highest BCUT2D eigenvalue weighted by molar-refractivity contribution is 5.78. The van der Waals surface area contributed by atoms with Crippen LogP contribution in [0.2, 0.25) is 0 Å². The van der Waals surface area contributed by atoms with E-state index in [4.69, 9.17) is 4.74 Å². The van der Waals surface area contributed by atoms with Gasteiger partial charge in [-0.1, -0.05) is 48.5 Å². The van der Waals surface area contributed by atoms with Crippen molar-refractivity contribution in [1.29, 1.82) is 0 Å². The molecule has 0 aliphatic carbocycles. The van der Waals surface area contributed by atoms with Crippen molar-refractivity contribution in [2.45, 2.75) is 13.3 Å². The Kier molecular flexibility index (Phi) is 5.89. The summed E-state index contributed by atoms with van der Waals surface area (Å²) in [7, 11) is 0. The first-order valence-corrected chi connectivity index (χ1v) is 8.91. The molecule has 0 atom stereocenters. The zero-order chi connectivity index (χ0) is 18.4. The molecule has 0 radical (unpaired) electrons. The van der Waals surface area contributed by atoms with Gasteiger partial charge in [0.25, 0.3) is 5.91 Å². The van der Waals surface area contributed by atoms with Crippen molar-refractivity contribution >= 4 is 11.8 Å². The van der Waals surface area contributed by atoms with Crippen LogP contribution in [0.25, 0.3) is 0 Å². The van der Waals surface area contributed by atoms with Gasteiger partial charge < -0.3 is 14.5 Å². The van der Waals surface area contributed by atoms with E-state index in [0.717, 1.165) is 17.7 Å². The van der Waals surface area contributed by atoms with E-state index in [1.165, 1.54) is 5.56 Å². The van der Waals surface area contributed by atoms with E-state index >= 15 is 0 Å². The van der Waals surface area contributed by atoms with Gasteiger partial charge in [-0.05, 0) is 17.2 Å². The minimum atomic E-state index is -0.0392. The van der Waals surface area contributed by atoms with Gasteiger partial charge in [0.1, 0.15) is 5.75 Å². The smallest absolute Gasteiger partial charge is 0.260 e. The fourth-order valence-corrected chi connectivity index (χ4v) is 3.11. The number of ether oxygens (including phenoxy) is 1. The lowest BCUT2D eigenvalue weighted by Crippen LogP contribution is -2.51. The highest BCUT2D eigenvalue weighted by atomic mass is 16.5. The molecule has 1 saturated heterocycles. The lowest BCUT2D eigenvalue weighted by atomic mass is 10.0. The summed E-state index contributed by atoms with van der Waals surface area (Å²) in [5.74, 6) is 0.762. The molecule has 0 spiro atoms. The lowest BCUT2D eigenvalue weighted by Gasteiger charge is -2.34. The average Bonchev–Trinajstić information content (AvgIpc) is 2.68. The molecule has 0 aromatic heterocycles. The van der Waals surface area contributed by atoms with Gasteiger partial charge in [0.2, 0.25) is 5.91 Å². The summed E-state index contributed by atoms with van der Waals surface area (Å²) < 4.78 is 5.83. The largest absolute Gasteiger partial charge is 0.483 e.